The van der Waals surface area contributed by atoms with Crippen molar-refractivity contribution in [2.45, 2.75) is 32.3 Å². The van der Waals surface area contributed by atoms with E-state index in [4.69, 9.17) is 0 Å². The van der Waals surface area contributed by atoms with Gasteiger partial charge in [-0.2, -0.15) is 0 Å². The van der Waals surface area contributed by atoms with Gasteiger partial charge in [0.15, 0.2) is 0 Å². The molecule has 1 amide bonds. The standard InChI is InChI=1S/C16H24N2O2.ClH/c1-12-4-2-3-5-14(12)15(19)11-18-16(20)7-6-13-8-9-17-10-13;/h2-5,13,15,17,19H,6-11H2,1H3,(H,18,20);1H. The van der Waals surface area contributed by atoms with Crippen molar-refractivity contribution >= 4 is 18.3 Å². The monoisotopic (exact) mass is 312 g/mol. The number of aryl methyl sites for hydroxylation is 1. The van der Waals surface area contributed by atoms with Crippen LogP contribution in [0, 0.1) is 12.8 Å². The molecule has 2 unspecified atom stereocenters. The van der Waals surface area contributed by atoms with Crippen molar-refractivity contribution in [3.05, 3.63) is 35.4 Å². The van der Waals surface area contributed by atoms with E-state index in [1.54, 1.807) is 0 Å². The molecule has 1 aromatic carbocycles. The number of aliphatic hydroxyl groups excluding tert-OH is 1. The molecule has 0 aromatic heterocycles. The van der Waals surface area contributed by atoms with Crippen molar-refractivity contribution in [3.8, 4) is 0 Å². The van der Waals surface area contributed by atoms with Gasteiger partial charge in [-0.15, -0.1) is 12.4 Å². The zero-order valence-corrected chi connectivity index (χ0v) is 13.3. The lowest BCUT2D eigenvalue weighted by Gasteiger charge is -2.15. The Labute approximate surface area is 132 Å². The molecule has 0 bridgehead atoms. The van der Waals surface area contributed by atoms with Gasteiger partial charge in [-0.1, -0.05) is 24.3 Å². The second kappa shape index (κ2) is 9.03. The van der Waals surface area contributed by atoms with Crippen LogP contribution in [0.1, 0.15) is 36.5 Å². The van der Waals surface area contributed by atoms with Gasteiger partial charge in [0.25, 0.3) is 0 Å². The Morgan fingerprint density at radius 2 is 2.24 bits per heavy atom. The maximum absolute atomic E-state index is 11.8. The minimum Gasteiger partial charge on any atom is -0.387 e. The van der Waals surface area contributed by atoms with Gasteiger partial charge in [-0.3, -0.25) is 4.79 Å². The normalized spacial score (nSPS) is 18.9. The summed E-state index contributed by atoms with van der Waals surface area (Å²) in [5.41, 5.74) is 1.93. The molecule has 5 heteroatoms. The van der Waals surface area contributed by atoms with Crippen molar-refractivity contribution in [2.75, 3.05) is 19.6 Å². The number of halogens is 1. The molecule has 1 aliphatic heterocycles. The predicted molar refractivity (Wildman–Crippen MR) is 86.6 cm³/mol. The molecule has 3 N–H and O–H groups in total. The molecular formula is C16H25ClN2O2. The molecule has 0 aliphatic carbocycles. The van der Waals surface area contributed by atoms with Gasteiger partial charge in [0.1, 0.15) is 0 Å². The van der Waals surface area contributed by atoms with Crippen LogP contribution in [0.2, 0.25) is 0 Å². The van der Waals surface area contributed by atoms with Gasteiger partial charge in [-0.05, 0) is 49.9 Å². The van der Waals surface area contributed by atoms with E-state index in [0.717, 1.165) is 30.6 Å². The Balaban J connectivity index is 0.00000220. The molecule has 1 aromatic rings. The quantitative estimate of drug-likeness (QED) is 0.752. The van der Waals surface area contributed by atoms with Crippen LogP contribution in [0.4, 0.5) is 0 Å². The third-order valence-electron chi connectivity index (χ3n) is 3.98. The fourth-order valence-electron chi connectivity index (χ4n) is 2.67. The molecule has 0 radical (unpaired) electrons. The van der Waals surface area contributed by atoms with E-state index in [0.29, 0.717) is 12.3 Å². The number of rotatable bonds is 6. The molecule has 2 rings (SSSR count). The van der Waals surface area contributed by atoms with Crippen LogP contribution in [-0.4, -0.2) is 30.6 Å². The van der Waals surface area contributed by atoms with Crippen LogP contribution in [-0.2, 0) is 4.79 Å². The van der Waals surface area contributed by atoms with Gasteiger partial charge in [-0.25, -0.2) is 0 Å². The maximum Gasteiger partial charge on any atom is 0.220 e. The largest absolute Gasteiger partial charge is 0.387 e. The van der Waals surface area contributed by atoms with E-state index < -0.39 is 6.10 Å². The molecule has 0 spiro atoms. The number of carbonyl (C=O) groups is 1. The topological polar surface area (TPSA) is 61.4 Å². The smallest absolute Gasteiger partial charge is 0.220 e. The van der Waals surface area contributed by atoms with Crippen LogP contribution in [0.15, 0.2) is 24.3 Å². The molecule has 118 valence electrons. The summed E-state index contributed by atoms with van der Waals surface area (Å²) >= 11 is 0. The number of nitrogens with one attached hydrogen (secondary N) is 2. The van der Waals surface area contributed by atoms with E-state index in [1.807, 2.05) is 31.2 Å². The lowest BCUT2D eigenvalue weighted by molar-refractivity contribution is -0.121. The summed E-state index contributed by atoms with van der Waals surface area (Å²) in [6.45, 7) is 4.34. The SMILES string of the molecule is Cc1ccccc1C(O)CNC(=O)CCC1CCNC1.Cl. The molecule has 1 heterocycles. The number of benzene rings is 1. The first kappa shape index (κ1) is 18.0. The van der Waals surface area contributed by atoms with Crippen LogP contribution in [0.5, 0.6) is 0 Å². The van der Waals surface area contributed by atoms with E-state index in [-0.39, 0.29) is 24.9 Å². The Bertz CT molecular complexity index is 448. The number of hydrogen-bond donors (Lipinski definition) is 3. The first-order valence-electron chi connectivity index (χ1n) is 7.38. The summed E-state index contributed by atoms with van der Waals surface area (Å²) in [6, 6.07) is 7.71. The second-order valence-electron chi connectivity index (χ2n) is 5.57. The van der Waals surface area contributed by atoms with E-state index in [1.165, 1.54) is 6.42 Å². The van der Waals surface area contributed by atoms with Gasteiger partial charge in [0, 0.05) is 13.0 Å². The van der Waals surface area contributed by atoms with Gasteiger partial charge < -0.3 is 15.7 Å². The molecule has 4 nitrogen and oxygen atoms in total. The summed E-state index contributed by atoms with van der Waals surface area (Å²) < 4.78 is 0. The highest BCUT2D eigenvalue weighted by Gasteiger charge is 2.16. The highest BCUT2D eigenvalue weighted by Crippen LogP contribution is 2.17. The fraction of sp³-hybridized carbons (Fsp3) is 0.562. The highest BCUT2D eigenvalue weighted by atomic mass is 35.5. The van der Waals surface area contributed by atoms with Crippen molar-refractivity contribution in [1.29, 1.82) is 0 Å². The van der Waals surface area contributed by atoms with E-state index >= 15 is 0 Å². The minimum absolute atomic E-state index is 0. The molecular weight excluding hydrogens is 288 g/mol. The number of aliphatic hydroxyl groups is 1. The lowest BCUT2D eigenvalue weighted by atomic mass is 10.0. The minimum atomic E-state index is -0.631. The lowest BCUT2D eigenvalue weighted by Crippen LogP contribution is -2.29. The summed E-state index contributed by atoms with van der Waals surface area (Å²) in [5, 5.41) is 16.2. The maximum atomic E-state index is 11.8. The van der Waals surface area contributed by atoms with Crippen molar-refractivity contribution in [2.24, 2.45) is 5.92 Å². The molecule has 2 atom stereocenters. The number of carbonyl (C=O) groups excluding carboxylic acids is 1. The van der Waals surface area contributed by atoms with Crippen molar-refractivity contribution in [3.63, 3.8) is 0 Å². The van der Waals surface area contributed by atoms with Crippen LogP contribution in [0.3, 0.4) is 0 Å². The van der Waals surface area contributed by atoms with E-state index in [2.05, 4.69) is 10.6 Å². The van der Waals surface area contributed by atoms with Crippen LogP contribution < -0.4 is 10.6 Å². The van der Waals surface area contributed by atoms with Crippen LogP contribution in [0.25, 0.3) is 0 Å². The van der Waals surface area contributed by atoms with Crippen molar-refractivity contribution < 1.29 is 9.90 Å². The first-order valence-corrected chi connectivity index (χ1v) is 7.38. The first-order chi connectivity index (χ1) is 9.66. The van der Waals surface area contributed by atoms with Gasteiger partial charge in [0.05, 0.1) is 6.10 Å². The fourth-order valence-corrected chi connectivity index (χ4v) is 2.67. The zero-order valence-electron chi connectivity index (χ0n) is 12.5. The average Bonchev–Trinajstić information content (AvgIpc) is 2.96. The predicted octanol–water partition coefficient (Wildman–Crippen LogP) is 1.96. The third-order valence-corrected chi connectivity index (χ3v) is 3.98. The molecule has 0 saturated carbocycles. The molecule has 21 heavy (non-hydrogen) atoms. The Morgan fingerprint density at radius 1 is 1.48 bits per heavy atom. The number of amides is 1. The second-order valence-corrected chi connectivity index (χ2v) is 5.57. The average molecular weight is 313 g/mol. The summed E-state index contributed by atoms with van der Waals surface area (Å²) in [4.78, 5) is 11.8. The van der Waals surface area contributed by atoms with Gasteiger partial charge >= 0.3 is 0 Å². The van der Waals surface area contributed by atoms with Crippen molar-refractivity contribution in [1.82, 2.24) is 10.6 Å². The van der Waals surface area contributed by atoms with Gasteiger partial charge in [0.2, 0.25) is 5.91 Å². The Hall–Kier alpha value is -1.10. The summed E-state index contributed by atoms with van der Waals surface area (Å²) in [6.07, 6.45) is 2.01. The number of hydrogen-bond acceptors (Lipinski definition) is 3. The van der Waals surface area contributed by atoms with Crippen LogP contribution >= 0.6 is 12.4 Å². The third kappa shape index (κ3) is 5.65. The summed E-state index contributed by atoms with van der Waals surface area (Å²) in [7, 11) is 0. The molecule has 1 fully saturated rings. The Kier molecular flexibility index (Phi) is 7.72. The van der Waals surface area contributed by atoms with E-state index in [9.17, 15) is 9.90 Å². The zero-order chi connectivity index (χ0) is 14.4. The Morgan fingerprint density at radius 3 is 2.90 bits per heavy atom. The molecule has 1 saturated heterocycles. The highest BCUT2D eigenvalue weighted by molar-refractivity contribution is 5.85. The molecule has 1 aliphatic rings. The summed E-state index contributed by atoms with van der Waals surface area (Å²) in [5.74, 6) is 0.659.